The van der Waals surface area contributed by atoms with Crippen molar-refractivity contribution in [2.75, 3.05) is 29.6 Å². The molecule has 2 atom stereocenters. The third-order valence-corrected chi connectivity index (χ3v) is 8.19. The van der Waals surface area contributed by atoms with Gasteiger partial charge in [-0.25, -0.2) is 23.1 Å². The summed E-state index contributed by atoms with van der Waals surface area (Å²) in [5.41, 5.74) is 1.12. The molecular weight excluding hydrogens is 594 g/mol. The molecular formula is C29H32ClN7O5S. The highest BCUT2D eigenvalue weighted by Gasteiger charge is 2.37. The summed E-state index contributed by atoms with van der Waals surface area (Å²) in [5.74, 6) is -0.529. The van der Waals surface area contributed by atoms with E-state index in [1.165, 1.54) is 16.7 Å². The number of nitrogens with one attached hydrogen (secondary N) is 2. The quantitative estimate of drug-likeness (QED) is 0.261. The van der Waals surface area contributed by atoms with E-state index in [0.717, 1.165) is 11.8 Å². The van der Waals surface area contributed by atoms with Crippen LogP contribution in [0.3, 0.4) is 0 Å². The number of benzene rings is 1. The molecule has 0 aliphatic carbocycles. The van der Waals surface area contributed by atoms with Gasteiger partial charge in [-0.15, -0.1) is 0 Å². The number of aliphatic hydroxyl groups is 1. The number of amides is 1. The maximum absolute atomic E-state index is 13.7. The molecule has 1 aliphatic rings. The van der Waals surface area contributed by atoms with Crippen LogP contribution in [0.4, 0.5) is 11.6 Å². The second kappa shape index (κ2) is 11.5. The second-order valence-electron chi connectivity index (χ2n) is 10.9. The number of aromatic nitrogens is 4. The van der Waals surface area contributed by atoms with Crippen LogP contribution in [0.25, 0.3) is 10.9 Å². The van der Waals surface area contributed by atoms with Crippen molar-refractivity contribution in [3.05, 3.63) is 86.7 Å². The first-order chi connectivity index (χ1) is 20.3. The van der Waals surface area contributed by atoms with Crippen LogP contribution in [0.1, 0.15) is 53.1 Å². The summed E-state index contributed by atoms with van der Waals surface area (Å²) in [6.07, 6.45) is 3.71. The number of carbonyl (C=O) groups is 1. The fourth-order valence-electron chi connectivity index (χ4n) is 5.46. The Morgan fingerprint density at radius 1 is 1.19 bits per heavy atom. The summed E-state index contributed by atoms with van der Waals surface area (Å²) in [4.78, 5) is 41.7. The van der Waals surface area contributed by atoms with Crippen LogP contribution in [0.2, 0.25) is 5.15 Å². The number of hydrogen-bond acceptors (Lipinski definition) is 10. The van der Waals surface area contributed by atoms with Crippen LogP contribution < -0.4 is 20.5 Å². The smallest absolute Gasteiger partial charge is 0.285 e. The van der Waals surface area contributed by atoms with E-state index in [0.29, 0.717) is 47.5 Å². The Morgan fingerprint density at radius 3 is 2.65 bits per heavy atom. The zero-order chi connectivity index (χ0) is 31.1. The molecule has 4 heterocycles. The number of hydrogen-bond donors (Lipinski definition) is 3. The van der Waals surface area contributed by atoms with Gasteiger partial charge in [0.15, 0.2) is 5.69 Å². The maximum Gasteiger partial charge on any atom is 0.285 e. The molecule has 0 radical (unpaired) electrons. The average molecular weight is 626 g/mol. The van der Waals surface area contributed by atoms with Crippen molar-refractivity contribution in [2.24, 2.45) is 7.05 Å². The molecule has 0 bridgehead atoms. The summed E-state index contributed by atoms with van der Waals surface area (Å²) in [6.45, 7) is 4.50. The van der Waals surface area contributed by atoms with Crippen molar-refractivity contribution in [3.8, 4) is 0 Å². The zero-order valence-corrected chi connectivity index (χ0v) is 25.7. The highest BCUT2D eigenvalue weighted by atomic mass is 35.5. The molecule has 226 valence electrons. The first-order valence-electron chi connectivity index (χ1n) is 13.6. The van der Waals surface area contributed by atoms with Crippen molar-refractivity contribution >= 4 is 50.1 Å². The molecule has 1 fully saturated rings. The Hall–Kier alpha value is -4.07. The lowest BCUT2D eigenvalue weighted by atomic mass is 9.89. The van der Waals surface area contributed by atoms with Gasteiger partial charge in [-0.05, 0) is 62.6 Å². The number of rotatable bonds is 7. The number of nitrogens with zero attached hydrogens (tertiary/aromatic N) is 5. The third kappa shape index (κ3) is 6.33. The summed E-state index contributed by atoms with van der Waals surface area (Å²) in [6, 6.07) is 11.6. The molecule has 0 spiro atoms. The van der Waals surface area contributed by atoms with Crippen molar-refractivity contribution in [2.45, 2.75) is 38.3 Å². The predicted octanol–water partition coefficient (Wildman–Crippen LogP) is 3.04. The van der Waals surface area contributed by atoms with Gasteiger partial charge in [0.2, 0.25) is 16.0 Å². The zero-order valence-electron chi connectivity index (χ0n) is 24.1. The van der Waals surface area contributed by atoms with Gasteiger partial charge < -0.3 is 15.3 Å². The van der Waals surface area contributed by atoms with Crippen LogP contribution in [0.15, 0.2) is 53.5 Å². The summed E-state index contributed by atoms with van der Waals surface area (Å²) in [7, 11) is -2.19. The highest BCUT2D eigenvalue weighted by Crippen LogP contribution is 2.33. The first-order valence-corrected chi connectivity index (χ1v) is 15.9. The van der Waals surface area contributed by atoms with E-state index in [4.69, 9.17) is 16.6 Å². The van der Waals surface area contributed by atoms with Crippen molar-refractivity contribution in [3.63, 3.8) is 0 Å². The predicted molar refractivity (Wildman–Crippen MR) is 165 cm³/mol. The average Bonchev–Trinajstić information content (AvgIpc) is 2.95. The molecule has 1 aromatic carbocycles. The first kappa shape index (κ1) is 30.4. The minimum Gasteiger partial charge on any atom is -0.382 e. The van der Waals surface area contributed by atoms with Gasteiger partial charge in [0.1, 0.15) is 10.8 Å². The highest BCUT2D eigenvalue weighted by molar-refractivity contribution is 7.89. The molecule has 5 rings (SSSR count). The lowest BCUT2D eigenvalue weighted by Crippen LogP contribution is -2.48. The number of β-amino-alcohol motifs (C(OH)–C–C–N with tert-alkyl or cyclic N) is 1. The SMILES string of the molecule is Cc1cc([C@@H](C)Nc2ccc(Cl)nc2C(=O)NS(C)(=O)=O)c2nc(N3CCC[C@](O)(c4ccccn4)C3)n(C)c(=O)c2c1. The lowest BCUT2D eigenvalue weighted by molar-refractivity contribution is 0.0171. The molecule has 12 nitrogen and oxygen atoms in total. The number of carbonyl (C=O) groups excluding carboxylic acids is 1. The largest absolute Gasteiger partial charge is 0.382 e. The van der Waals surface area contributed by atoms with Gasteiger partial charge in [-0.2, -0.15) is 0 Å². The van der Waals surface area contributed by atoms with Crippen LogP contribution in [0.5, 0.6) is 0 Å². The van der Waals surface area contributed by atoms with E-state index >= 15 is 0 Å². The molecule has 1 saturated heterocycles. The Labute approximate surface area is 253 Å². The number of pyridine rings is 2. The van der Waals surface area contributed by atoms with E-state index in [1.807, 2.05) is 35.6 Å². The van der Waals surface area contributed by atoms with Crippen LogP contribution in [-0.2, 0) is 22.7 Å². The fourth-order valence-corrected chi connectivity index (χ4v) is 6.04. The molecule has 4 aromatic rings. The molecule has 0 unspecified atom stereocenters. The van der Waals surface area contributed by atoms with Crippen LogP contribution in [0, 0.1) is 6.92 Å². The minimum absolute atomic E-state index is 0.0138. The van der Waals surface area contributed by atoms with E-state index < -0.39 is 27.6 Å². The van der Waals surface area contributed by atoms with Gasteiger partial charge in [0, 0.05) is 25.4 Å². The lowest BCUT2D eigenvalue weighted by Gasteiger charge is -2.39. The van der Waals surface area contributed by atoms with Gasteiger partial charge in [0.05, 0.1) is 41.1 Å². The topological polar surface area (TPSA) is 159 Å². The molecule has 14 heteroatoms. The second-order valence-corrected chi connectivity index (χ2v) is 13.0. The number of fused-ring (bicyclic) bond motifs is 1. The van der Waals surface area contributed by atoms with E-state index in [-0.39, 0.29) is 28.6 Å². The molecule has 3 aromatic heterocycles. The van der Waals surface area contributed by atoms with Gasteiger partial charge >= 0.3 is 0 Å². The Kier molecular flexibility index (Phi) is 8.16. The summed E-state index contributed by atoms with van der Waals surface area (Å²) < 4.78 is 26.8. The molecule has 3 N–H and O–H groups in total. The third-order valence-electron chi connectivity index (χ3n) is 7.42. The standard InChI is InChI=1S/C29H32ClN7O5S/c1-17-14-19(18(2)32-21-9-10-23(30)33-25(21)26(38)35-43(4,41)42)24-20(15-17)27(39)36(3)28(34-24)37-13-7-11-29(40,16-37)22-8-5-6-12-31-22/h5-6,8-10,12,14-15,18,32,40H,7,11,13,16H2,1-4H3,(H,35,38)/t18-,29-/m1/s1. The van der Waals surface area contributed by atoms with Gasteiger partial charge in [0.25, 0.3) is 11.5 Å². The number of sulfonamides is 1. The Morgan fingerprint density at radius 2 is 1.95 bits per heavy atom. The molecule has 43 heavy (non-hydrogen) atoms. The van der Waals surface area contributed by atoms with E-state index in [1.54, 1.807) is 31.4 Å². The van der Waals surface area contributed by atoms with E-state index in [2.05, 4.69) is 15.3 Å². The van der Waals surface area contributed by atoms with Crippen molar-refractivity contribution in [1.29, 1.82) is 0 Å². The normalized spacial score (nSPS) is 18.0. The molecule has 1 amide bonds. The van der Waals surface area contributed by atoms with Crippen molar-refractivity contribution in [1.82, 2.24) is 24.2 Å². The van der Waals surface area contributed by atoms with Crippen LogP contribution >= 0.6 is 11.6 Å². The summed E-state index contributed by atoms with van der Waals surface area (Å²) >= 11 is 6.03. The molecule has 1 aliphatic heterocycles. The number of aryl methyl sites for hydroxylation is 1. The Bertz CT molecular complexity index is 1880. The number of anilines is 2. The van der Waals surface area contributed by atoms with Crippen molar-refractivity contribution < 1.29 is 18.3 Å². The Balaban J connectivity index is 1.56. The minimum atomic E-state index is -3.85. The monoisotopic (exact) mass is 625 g/mol. The number of halogens is 1. The molecule has 0 saturated carbocycles. The van der Waals surface area contributed by atoms with E-state index in [9.17, 15) is 23.1 Å². The number of piperidine rings is 1. The summed E-state index contributed by atoms with van der Waals surface area (Å²) in [5, 5.41) is 15.2. The van der Waals surface area contributed by atoms with Crippen LogP contribution in [-0.4, -0.2) is 58.3 Å². The fraction of sp³-hybridized carbons (Fsp3) is 0.345. The van der Waals surface area contributed by atoms with Gasteiger partial charge in [-0.3, -0.25) is 19.1 Å². The maximum atomic E-state index is 13.7. The van der Waals surface area contributed by atoms with Gasteiger partial charge in [-0.1, -0.05) is 23.7 Å².